The van der Waals surface area contributed by atoms with E-state index in [-0.39, 0.29) is 6.54 Å². The van der Waals surface area contributed by atoms with E-state index >= 15 is 0 Å². The van der Waals surface area contributed by atoms with E-state index in [0.29, 0.717) is 29.9 Å². The molecule has 2 aromatic carbocycles. The minimum absolute atomic E-state index is 0.262. The standard InChI is InChI=1S/C20H20F3N3O3/c1-25(17-9-7-16(8-10-17)20(21,22)23)12-13-26(14-27)18-5-3-2-4-15(18)6-11-19(28)24-29/h2-11,14,29H,12-13H2,1H3,(H,24,28)/b11-6+. The molecule has 2 N–H and O–H groups in total. The Kier molecular flexibility index (Phi) is 7.38. The Morgan fingerprint density at radius 2 is 1.76 bits per heavy atom. The number of hydroxylamine groups is 1. The maximum Gasteiger partial charge on any atom is 0.416 e. The van der Waals surface area contributed by atoms with E-state index in [0.717, 1.165) is 18.2 Å². The summed E-state index contributed by atoms with van der Waals surface area (Å²) in [6.45, 7) is 0.622. The highest BCUT2D eigenvalue weighted by molar-refractivity contribution is 5.92. The maximum atomic E-state index is 12.7. The zero-order valence-electron chi connectivity index (χ0n) is 15.6. The fourth-order valence-electron chi connectivity index (χ4n) is 2.61. The van der Waals surface area contributed by atoms with Crippen LogP contribution in [0, 0.1) is 0 Å². The molecule has 0 aromatic heterocycles. The molecule has 0 radical (unpaired) electrons. The first kappa shape index (κ1) is 22.0. The Balaban J connectivity index is 2.10. The minimum atomic E-state index is -4.39. The van der Waals surface area contributed by atoms with Crippen molar-refractivity contribution in [3.8, 4) is 0 Å². The number of para-hydroxylation sites is 1. The highest BCUT2D eigenvalue weighted by Gasteiger charge is 2.30. The largest absolute Gasteiger partial charge is 0.416 e. The molecule has 154 valence electrons. The highest BCUT2D eigenvalue weighted by atomic mass is 19.4. The van der Waals surface area contributed by atoms with Crippen molar-refractivity contribution in [2.75, 3.05) is 29.9 Å². The van der Waals surface area contributed by atoms with Crippen molar-refractivity contribution < 1.29 is 28.0 Å². The van der Waals surface area contributed by atoms with E-state index in [9.17, 15) is 22.8 Å². The number of rotatable bonds is 8. The van der Waals surface area contributed by atoms with E-state index < -0.39 is 17.6 Å². The molecule has 2 amide bonds. The van der Waals surface area contributed by atoms with Gasteiger partial charge in [-0.25, -0.2) is 5.48 Å². The predicted molar refractivity (Wildman–Crippen MR) is 104 cm³/mol. The third-order valence-corrected chi connectivity index (χ3v) is 4.21. The average molecular weight is 407 g/mol. The van der Waals surface area contributed by atoms with Crippen LogP contribution in [0.2, 0.25) is 0 Å². The zero-order chi connectivity index (χ0) is 21.4. The summed E-state index contributed by atoms with van der Waals surface area (Å²) >= 11 is 0. The summed E-state index contributed by atoms with van der Waals surface area (Å²) in [4.78, 5) is 25.9. The van der Waals surface area contributed by atoms with Crippen LogP contribution in [-0.4, -0.2) is 37.7 Å². The smallest absolute Gasteiger partial charge is 0.373 e. The number of amides is 2. The molecule has 0 aliphatic carbocycles. The summed E-state index contributed by atoms with van der Waals surface area (Å²) in [5, 5.41) is 8.57. The first-order chi connectivity index (χ1) is 13.8. The first-order valence-corrected chi connectivity index (χ1v) is 8.57. The molecule has 29 heavy (non-hydrogen) atoms. The number of hydrogen-bond acceptors (Lipinski definition) is 4. The van der Waals surface area contributed by atoms with Crippen molar-refractivity contribution in [1.82, 2.24) is 5.48 Å². The maximum absolute atomic E-state index is 12.7. The van der Waals surface area contributed by atoms with Gasteiger partial charge >= 0.3 is 6.18 Å². The van der Waals surface area contributed by atoms with Crippen molar-refractivity contribution >= 4 is 29.8 Å². The molecule has 0 spiro atoms. The van der Waals surface area contributed by atoms with Crippen LogP contribution in [0.1, 0.15) is 11.1 Å². The Labute approximate surface area is 165 Å². The van der Waals surface area contributed by atoms with Crippen LogP contribution in [0.3, 0.4) is 0 Å². The number of likely N-dealkylation sites (N-methyl/N-ethyl adjacent to an activating group) is 1. The van der Waals surface area contributed by atoms with E-state index in [2.05, 4.69) is 0 Å². The lowest BCUT2D eigenvalue weighted by Crippen LogP contribution is -2.32. The van der Waals surface area contributed by atoms with Gasteiger partial charge in [0.25, 0.3) is 5.91 Å². The number of nitrogens with one attached hydrogen (secondary N) is 1. The molecule has 9 heteroatoms. The zero-order valence-corrected chi connectivity index (χ0v) is 15.6. The van der Waals surface area contributed by atoms with E-state index in [1.165, 1.54) is 28.6 Å². The molecule has 0 heterocycles. The second kappa shape index (κ2) is 9.74. The number of hydrogen-bond donors (Lipinski definition) is 2. The van der Waals surface area contributed by atoms with Crippen LogP contribution >= 0.6 is 0 Å². The average Bonchev–Trinajstić information content (AvgIpc) is 2.72. The molecular formula is C20H20F3N3O3. The van der Waals surface area contributed by atoms with Gasteiger partial charge in [0.15, 0.2) is 0 Å². The third kappa shape index (κ3) is 6.08. The summed E-state index contributed by atoms with van der Waals surface area (Å²) in [6, 6.07) is 11.6. The van der Waals surface area contributed by atoms with Gasteiger partial charge in [-0.05, 0) is 42.0 Å². The second-order valence-corrected chi connectivity index (χ2v) is 6.13. The molecule has 2 rings (SSSR count). The van der Waals surface area contributed by atoms with Gasteiger partial charge in [0.1, 0.15) is 0 Å². The number of nitrogens with zero attached hydrogens (tertiary/aromatic N) is 2. The van der Waals surface area contributed by atoms with Gasteiger partial charge in [-0.2, -0.15) is 13.2 Å². The van der Waals surface area contributed by atoms with E-state index in [4.69, 9.17) is 5.21 Å². The van der Waals surface area contributed by atoms with Gasteiger partial charge in [0, 0.05) is 31.9 Å². The topological polar surface area (TPSA) is 72.9 Å². The molecule has 2 aromatic rings. The van der Waals surface area contributed by atoms with Crippen LogP contribution < -0.4 is 15.3 Å². The van der Waals surface area contributed by atoms with Crippen LogP contribution in [-0.2, 0) is 15.8 Å². The van der Waals surface area contributed by atoms with Crippen molar-refractivity contribution in [1.29, 1.82) is 0 Å². The SMILES string of the molecule is CN(CCN(C=O)c1ccccc1/C=C/C(=O)NO)c1ccc(C(F)(F)F)cc1. The molecule has 0 fully saturated rings. The van der Waals surface area contributed by atoms with Gasteiger partial charge in [0.05, 0.1) is 11.3 Å². The van der Waals surface area contributed by atoms with Crippen LogP contribution in [0.25, 0.3) is 6.08 Å². The van der Waals surface area contributed by atoms with Gasteiger partial charge in [-0.15, -0.1) is 0 Å². The predicted octanol–water partition coefficient (Wildman–Crippen LogP) is 3.32. The van der Waals surface area contributed by atoms with Crippen LogP contribution in [0.4, 0.5) is 24.5 Å². The van der Waals surface area contributed by atoms with Crippen LogP contribution in [0.5, 0.6) is 0 Å². The van der Waals surface area contributed by atoms with Crippen molar-refractivity contribution in [3.05, 3.63) is 65.7 Å². The molecule has 0 saturated carbocycles. The molecule has 0 aliphatic rings. The van der Waals surface area contributed by atoms with Gasteiger partial charge in [0.2, 0.25) is 6.41 Å². The number of benzene rings is 2. The normalized spacial score (nSPS) is 11.3. The minimum Gasteiger partial charge on any atom is -0.373 e. The number of anilines is 2. The lowest BCUT2D eigenvalue weighted by molar-refractivity contribution is -0.137. The Hall–Kier alpha value is -3.33. The van der Waals surface area contributed by atoms with E-state index in [1.54, 1.807) is 36.2 Å². The summed E-state index contributed by atoms with van der Waals surface area (Å²) in [7, 11) is 1.71. The van der Waals surface area contributed by atoms with Gasteiger partial charge in [-0.3, -0.25) is 14.8 Å². The number of carbonyl (C=O) groups is 2. The summed E-state index contributed by atoms with van der Waals surface area (Å²) in [5.41, 5.74) is 2.47. The highest BCUT2D eigenvalue weighted by Crippen LogP contribution is 2.30. The van der Waals surface area contributed by atoms with Crippen molar-refractivity contribution in [2.24, 2.45) is 0 Å². The third-order valence-electron chi connectivity index (χ3n) is 4.21. The molecule has 0 unspecified atom stereocenters. The molecule has 0 atom stereocenters. The summed E-state index contributed by atoms with van der Waals surface area (Å²) in [6.07, 6.45) is -1.18. The van der Waals surface area contributed by atoms with Crippen LogP contribution in [0.15, 0.2) is 54.6 Å². The van der Waals surface area contributed by atoms with Crippen molar-refractivity contribution in [2.45, 2.75) is 6.18 Å². The molecule has 6 nitrogen and oxygen atoms in total. The first-order valence-electron chi connectivity index (χ1n) is 8.57. The van der Waals surface area contributed by atoms with Gasteiger partial charge < -0.3 is 9.80 Å². The number of alkyl halides is 3. The quantitative estimate of drug-likeness (QED) is 0.305. The molecular weight excluding hydrogens is 387 g/mol. The lowest BCUT2D eigenvalue weighted by Gasteiger charge is -2.25. The Morgan fingerprint density at radius 3 is 2.34 bits per heavy atom. The lowest BCUT2D eigenvalue weighted by atomic mass is 10.1. The molecule has 0 aliphatic heterocycles. The molecule has 0 bridgehead atoms. The second-order valence-electron chi connectivity index (χ2n) is 6.13. The van der Waals surface area contributed by atoms with Crippen molar-refractivity contribution in [3.63, 3.8) is 0 Å². The Morgan fingerprint density at radius 1 is 1.10 bits per heavy atom. The fraction of sp³-hybridized carbons (Fsp3) is 0.200. The summed E-state index contributed by atoms with van der Waals surface area (Å²) in [5.74, 6) is -0.709. The fourth-order valence-corrected chi connectivity index (χ4v) is 2.61. The monoisotopic (exact) mass is 407 g/mol. The van der Waals surface area contributed by atoms with Gasteiger partial charge in [-0.1, -0.05) is 18.2 Å². The number of carbonyl (C=O) groups excluding carboxylic acids is 2. The Bertz CT molecular complexity index is 867. The van der Waals surface area contributed by atoms with E-state index in [1.807, 2.05) is 0 Å². The molecule has 0 saturated heterocycles. The summed E-state index contributed by atoms with van der Waals surface area (Å²) < 4.78 is 38.0. The number of halogens is 3.